The highest BCUT2D eigenvalue weighted by Crippen LogP contribution is 2.31. The van der Waals surface area contributed by atoms with Gasteiger partial charge >= 0.3 is 0 Å². The summed E-state index contributed by atoms with van der Waals surface area (Å²) in [5, 5.41) is 6.31. The van der Waals surface area contributed by atoms with E-state index in [1.54, 1.807) is 37.4 Å². The summed E-state index contributed by atoms with van der Waals surface area (Å²) in [7, 11) is 1.57. The van der Waals surface area contributed by atoms with Crippen molar-refractivity contribution in [3.63, 3.8) is 0 Å². The monoisotopic (exact) mass is 557 g/mol. The van der Waals surface area contributed by atoms with Gasteiger partial charge in [-0.1, -0.05) is 68.5 Å². The number of ether oxygens (including phenoxy) is 1. The summed E-state index contributed by atoms with van der Waals surface area (Å²) < 4.78 is 19.1. The molecule has 3 aromatic carbocycles. The van der Waals surface area contributed by atoms with E-state index in [9.17, 15) is 14.0 Å². The number of amides is 2. The van der Waals surface area contributed by atoms with Crippen LogP contribution in [0.4, 0.5) is 10.1 Å². The number of hydrogen-bond donors (Lipinski definition) is 2. The van der Waals surface area contributed by atoms with Crippen molar-refractivity contribution < 1.29 is 18.7 Å². The molecule has 2 aliphatic rings. The van der Waals surface area contributed by atoms with Gasteiger partial charge in [0.15, 0.2) is 0 Å². The Kier molecular flexibility index (Phi) is 9.55. The van der Waals surface area contributed by atoms with Crippen LogP contribution in [0.1, 0.15) is 72.5 Å². The van der Waals surface area contributed by atoms with Gasteiger partial charge in [-0.2, -0.15) is 0 Å². The minimum atomic E-state index is -0.665. The van der Waals surface area contributed by atoms with Gasteiger partial charge in [0.25, 0.3) is 5.91 Å². The topological polar surface area (TPSA) is 70.7 Å². The Labute approximate surface area is 242 Å². The Morgan fingerprint density at radius 3 is 2.56 bits per heavy atom. The fourth-order valence-corrected chi connectivity index (χ4v) is 6.19. The third-order valence-corrected chi connectivity index (χ3v) is 8.50. The summed E-state index contributed by atoms with van der Waals surface area (Å²) in [6, 6.07) is 20.8. The van der Waals surface area contributed by atoms with Crippen molar-refractivity contribution in [1.29, 1.82) is 0 Å². The Bertz CT molecular complexity index is 1330. The summed E-state index contributed by atoms with van der Waals surface area (Å²) in [6.07, 6.45) is 8.35. The van der Waals surface area contributed by atoms with Crippen molar-refractivity contribution in [2.24, 2.45) is 5.92 Å². The standard InChI is InChI=1S/C34H40FN3O3/c1-41-29-14-8-13-27(22-29)33(39)36-30(17-15-24-9-4-2-5-10-24)34(40)37-31(25-11-6-3-7-12-25)23-38-20-19-26-21-28(35)16-18-32(26)38/h3,6-8,11-14,16,18,21-22,24,30-31H,2,4-5,9-10,15,17,19-20,23H2,1H3,(H,36,39)(H,37,40)/t30-,31+/m0/s1. The molecule has 7 heteroatoms. The number of carbonyl (C=O) groups is 2. The van der Waals surface area contributed by atoms with Gasteiger partial charge in [0.1, 0.15) is 17.6 Å². The molecule has 2 N–H and O–H groups in total. The van der Waals surface area contributed by atoms with Crippen LogP contribution in [0.2, 0.25) is 0 Å². The van der Waals surface area contributed by atoms with Gasteiger partial charge in [-0.25, -0.2) is 4.39 Å². The Morgan fingerprint density at radius 1 is 0.976 bits per heavy atom. The van der Waals surface area contributed by atoms with Crippen molar-refractivity contribution in [2.45, 2.75) is 63.5 Å². The van der Waals surface area contributed by atoms with Gasteiger partial charge in [-0.3, -0.25) is 9.59 Å². The number of rotatable bonds is 11. The summed E-state index contributed by atoms with van der Waals surface area (Å²) in [5.74, 6) is 0.463. The third kappa shape index (κ3) is 7.46. The highest BCUT2D eigenvalue weighted by Gasteiger charge is 2.29. The van der Waals surface area contributed by atoms with Crippen LogP contribution in [0.3, 0.4) is 0 Å². The quantitative estimate of drug-likeness (QED) is 0.294. The zero-order valence-electron chi connectivity index (χ0n) is 23.8. The van der Waals surface area contributed by atoms with Crippen LogP contribution in [0, 0.1) is 11.7 Å². The van der Waals surface area contributed by atoms with E-state index >= 15 is 0 Å². The first-order valence-electron chi connectivity index (χ1n) is 14.8. The second kappa shape index (κ2) is 13.7. The second-order valence-corrected chi connectivity index (χ2v) is 11.3. The van der Waals surface area contributed by atoms with E-state index in [-0.39, 0.29) is 23.7 Å². The smallest absolute Gasteiger partial charge is 0.252 e. The van der Waals surface area contributed by atoms with Crippen molar-refractivity contribution in [2.75, 3.05) is 25.1 Å². The first kappa shape index (κ1) is 28.7. The SMILES string of the molecule is COc1cccc(C(=O)N[C@@H](CCC2CCCCC2)C(=O)N[C@H](CN2CCc3cc(F)ccc32)c2ccccc2)c1. The van der Waals surface area contributed by atoms with Crippen LogP contribution in [-0.2, 0) is 11.2 Å². The number of benzene rings is 3. The van der Waals surface area contributed by atoms with E-state index < -0.39 is 6.04 Å². The summed E-state index contributed by atoms with van der Waals surface area (Å²) in [5.41, 5.74) is 3.43. The molecular weight excluding hydrogens is 517 g/mol. The lowest BCUT2D eigenvalue weighted by Crippen LogP contribution is -2.49. The van der Waals surface area contributed by atoms with E-state index in [1.807, 2.05) is 36.4 Å². The molecule has 0 saturated heterocycles. The Hall–Kier alpha value is -3.87. The molecule has 2 atom stereocenters. The summed E-state index contributed by atoms with van der Waals surface area (Å²) >= 11 is 0. The van der Waals surface area contributed by atoms with Gasteiger partial charge in [-0.05, 0) is 72.7 Å². The van der Waals surface area contributed by atoms with E-state index in [4.69, 9.17) is 4.74 Å². The van der Waals surface area contributed by atoms with Crippen LogP contribution >= 0.6 is 0 Å². The molecule has 1 aliphatic carbocycles. The Balaban J connectivity index is 1.34. The van der Waals surface area contributed by atoms with Crippen LogP contribution in [-0.4, -0.2) is 38.1 Å². The molecule has 1 aliphatic heterocycles. The predicted molar refractivity (Wildman–Crippen MR) is 160 cm³/mol. The highest BCUT2D eigenvalue weighted by atomic mass is 19.1. The largest absolute Gasteiger partial charge is 0.497 e. The number of methoxy groups -OCH3 is 1. The number of halogens is 1. The van der Waals surface area contributed by atoms with Gasteiger partial charge in [0.2, 0.25) is 5.91 Å². The molecule has 6 nitrogen and oxygen atoms in total. The minimum absolute atomic E-state index is 0.190. The van der Waals surface area contributed by atoms with Gasteiger partial charge in [0.05, 0.1) is 13.2 Å². The fourth-order valence-electron chi connectivity index (χ4n) is 6.19. The second-order valence-electron chi connectivity index (χ2n) is 11.3. The Morgan fingerprint density at radius 2 is 1.78 bits per heavy atom. The lowest BCUT2D eigenvalue weighted by atomic mass is 9.85. The molecule has 41 heavy (non-hydrogen) atoms. The van der Waals surface area contributed by atoms with Gasteiger partial charge in [0, 0.05) is 24.3 Å². The molecular formula is C34H40FN3O3. The molecule has 216 valence electrons. The van der Waals surface area contributed by atoms with Crippen LogP contribution < -0.4 is 20.3 Å². The van der Waals surface area contributed by atoms with E-state index in [0.29, 0.717) is 30.2 Å². The lowest BCUT2D eigenvalue weighted by molar-refractivity contribution is -0.124. The number of anilines is 1. The van der Waals surface area contributed by atoms with Crippen molar-refractivity contribution in [3.8, 4) is 5.75 Å². The van der Waals surface area contributed by atoms with Crippen molar-refractivity contribution in [1.82, 2.24) is 10.6 Å². The molecule has 0 aromatic heterocycles. The van der Waals surface area contributed by atoms with Gasteiger partial charge < -0.3 is 20.3 Å². The number of nitrogens with one attached hydrogen (secondary N) is 2. The third-order valence-electron chi connectivity index (χ3n) is 8.50. The predicted octanol–water partition coefficient (Wildman–Crippen LogP) is 6.21. The molecule has 1 heterocycles. The molecule has 2 amide bonds. The highest BCUT2D eigenvalue weighted by molar-refractivity contribution is 5.97. The maximum Gasteiger partial charge on any atom is 0.252 e. The molecule has 1 fully saturated rings. The fraction of sp³-hybridized carbons (Fsp3) is 0.412. The zero-order valence-corrected chi connectivity index (χ0v) is 23.8. The lowest BCUT2D eigenvalue weighted by Gasteiger charge is -2.30. The van der Waals surface area contributed by atoms with E-state index in [0.717, 1.165) is 36.2 Å². The van der Waals surface area contributed by atoms with E-state index in [1.165, 1.54) is 38.2 Å². The van der Waals surface area contributed by atoms with Crippen LogP contribution in [0.5, 0.6) is 5.75 Å². The maximum absolute atomic E-state index is 13.9. The normalized spacial score (nSPS) is 16.5. The maximum atomic E-state index is 13.9. The molecule has 0 spiro atoms. The van der Waals surface area contributed by atoms with Gasteiger partial charge in [-0.15, -0.1) is 0 Å². The zero-order chi connectivity index (χ0) is 28.6. The number of fused-ring (bicyclic) bond motifs is 1. The average molecular weight is 558 g/mol. The van der Waals surface area contributed by atoms with E-state index in [2.05, 4.69) is 15.5 Å². The van der Waals surface area contributed by atoms with Crippen LogP contribution in [0.25, 0.3) is 0 Å². The molecule has 0 bridgehead atoms. The number of nitrogens with zero attached hydrogens (tertiary/aromatic N) is 1. The average Bonchev–Trinajstić information content (AvgIpc) is 3.41. The number of carbonyl (C=O) groups excluding carboxylic acids is 2. The van der Waals surface area contributed by atoms with Crippen LogP contribution in [0.15, 0.2) is 72.8 Å². The summed E-state index contributed by atoms with van der Waals surface area (Å²) in [4.78, 5) is 29.4. The van der Waals surface area contributed by atoms with Crippen molar-refractivity contribution in [3.05, 3.63) is 95.3 Å². The molecule has 0 unspecified atom stereocenters. The first-order valence-corrected chi connectivity index (χ1v) is 14.8. The minimum Gasteiger partial charge on any atom is -0.497 e. The summed E-state index contributed by atoms with van der Waals surface area (Å²) in [6.45, 7) is 1.31. The molecule has 3 aromatic rings. The molecule has 5 rings (SSSR count). The molecule has 1 saturated carbocycles. The first-order chi connectivity index (χ1) is 20.0. The molecule has 0 radical (unpaired) electrons. The number of hydrogen-bond acceptors (Lipinski definition) is 4. The van der Waals surface area contributed by atoms with Crippen molar-refractivity contribution >= 4 is 17.5 Å².